The summed E-state index contributed by atoms with van der Waals surface area (Å²) in [6.45, 7) is 8.93. The molecule has 0 amide bonds. The Bertz CT molecular complexity index is 1510. The molecule has 3 rings (SSSR count). The molecule has 0 radical (unpaired) electrons. The third-order valence-corrected chi connectivity index (χ3v) is 9.70. The number of aryl methyl sites for hydroxylation is 1. The maximum absolute atomic E-state index is 13.7. The normalized spacial score (nSPS) is 13.6. The summed E-state index contributed by atoms with van der Waals surface area (Å²) in [6.07, 6.45) is 1.63. The minimum atomic E-state index is -3.34. The van der Waals surface area contributed by atoms with Crippen molar-refractivity contribution in [3.63, 3.8) is 0 Å². The zero-order valence-corrected chi connectivity index (χ0v) is 25.0. The molecule has 0 fully saturated rings. The van der Waals surface area contributed by atoms with Gasteiger partial charge in [0.25, 0.3) is 5.56 Å². The van der Waals surface area contributed by atoms with Crippen molar-refractivity contribution in [1.82, 2.24) is 9.29 Å². The van der Waals surface area contributed by atoms with Crippen molar-refractivity contribution in [2.45, 2.75) is 51.2 Å². The van der Waals surface area contributed by atoms with Crippen LogP contribution in [0.5, 0.6) is 5.75 Å². The van der Waals surface area contributed by atoms with Crippen molar-refractivity contribution in [1.29, 1.82) is 0 Å². The molecule has 1 aromatic heterocycles. The largest absolute Gasteiger partial charge is 0.598 e. The Morgan fingerprint density at radius 3 is 2.31 bits per heavy atom. The fourth-order valence-corrected chi connectivity index (χ4v) is 5.68. The molecule has 0 aliphatic rings. The number of rotatable bonds is 10. The second-order valence-electron chi connectivity index (χ2n) is 10.4. The predicted octanol–water partition coefficient (Wildman–Crippen LogP) is 4.34. The summed E-state index contributed by atoms with van der Waals surface area (Å²) >= 11 is -1.43. The molecule has 0 spiro atoms. The number of aromatic nitrogens is 1. The number of hydrogen-bond acceptors (Lipinski definition) is 7. The predicted molar refractivity (Wildman–Crippen MR) is 156 cm³/mol. The highest BCUT2D eigenvalue weighted by Gasteiger charge is 2.30. The smallest absolute Gasteiger partial charge is 0.250 e. The monoisotopic (exact) mass is 572 g/mol. The van der Waals surface area contributed by atoms with E-state index in [1.807, 2.05) is 20.8 Å². The van der Waals surface area contributed by atoms with Gasteiger partial charge in [-0.1, -0.05) is 19.1 Å². The number of sulfone groups is 1. The average Bonchev–Trinajstić information content (AvgIpc) is 2.88. The first-order valence-corrected chi connectivity index (χ1v) is 15.5. The number of carbonyl (C=O) groups excluding carboxylic acids is 1. The van der Waals surface area contributed by atoms with Gasteiger partial charge in [-0.2, -0.15) is 0 Å². The van der Waals surface area contributed by atoms with E-state index in [0.29, 0.717) is 39.1 Å². The van der Waals surface area contributed by atoms with Gasteiger partial charge in [0.2, 0.25) is 0 Å². The van der Waals surface area contributed by atoms with Gasteiger partial charge in [-0.05, 0) is 74.7 Å². The van der Waals surface area contributed by atoms with Gasteiger partial charge in [0, 0.05) is 53.1 Å². The fourth-order valence-electron chi connectivity index (χ4n) is 3.98. The minimum Gasteiger partial charge on any atom is -0.598 e. The van der Waals surface area contributed by atoms with Crippen LogP contribution in [0.2, 0.25) is 0 Å². The topological polar surface area (TPSA) is 118 Å². The standard InChI is InChI=1S/C29H36N2O6S2/c1-8-39(35,36)18-20-9-14-23(28(33)21-10-12-22(37-7)13-11-21)25(15-20)26-17-31(6)27(32)16-24(26)19(2)30-38(34)29(3,4)5/h9-17,19,30H,8,18H2,1-7H3/t19-,38?/m0/s1. The fraction of sp³-hybridized carbons (Fsp3) is 0.379. The Morgan fingerprint density at radius 1 is 1.10 bits per heavy atom. The van der Waals surface area contributed by atoms with Crippen molar-refractivity contribution < 1.29 is 22.5 Å². The lowest BCUT2D eigenvalue weighted by Crippen LogP contribution is -2.41. The molecule has 10 heteroatoms. The number of ketones is 1. The Morgan fingerprint density at radius 2 is 1.74 bits per heavy atom. The SMILES string of the molecule is CCS(=O)(=O)Cc1ccc(C(=O)c2ccc(OC)cc2)c(-c2cn(C)c(=O)cc2[C@H](C)N[S+]([O-])C(C)(C)C)c1. The summed E-state index contributed by atoms with van der Waals surface area (Å²) < 4.78 is 46.9. The van der Waals surface area contributed by atoms with Gasteiger partial charge in [0.1, 0.15) is 10.5 Å². The van der Waals surface area contributed by atoms with Crippen molar-refractivity contribution in [2.75, 3.05) is 12.9 Å². The number of nitrogens with zero attached hydrogens (tertiary/aromatic N) is 1. The minimum absolute atomic E-state index is 0.0144. The van der Waals surface area contributed by atoms with Gasteiger partial charge in [-0.3, -0.25) is 9.59 Å². The van der Waals surface area contributed by atoms with Gasteiger partial charge in [0.15, 0.2) is 15.6 Å². The van der Waals surface area contributed by atoms with E-state index in [4.69, 9.17) is 4.74 Å². The molecule has 1 unspecified atom stereocenters. The third kappa shape index (κ3) is 7.39. The lowest BCUT2D eigenvalue weighted by Gasteiger charge is -2.27. The molecule has 2 atom stereocenters. The Labute approximate surface area is 233 Å². The Balaban J connectivity index is 2.25. The molecule has 210 valence electrons. The van der Waals surface area contributed by atoms with Crippen LogP contribution in [0.25, 0.3) is 11.1 Å². The van der Waals surface area contributed by atoms with E-state index >= 15 is 0 Å². The molecular weight excluding hydrogens is 536 g/mol. The number of carbonyl (C=O) groups is 1. The number of methoxy groups -OCH3 is 1. The highest BCUT2D eigenvalue weighted by atomic mass is 32.2. The van der Waals surface area contributed by atoms with Gasteiger partial charge in [-0.25, -0.2) is 8.42 Å². The number of benzene rings is 2. The molecule has 0 saturated carbocycles. The summed E-state index contributed by atoms with van der Waals surface area (Å²) in [4.78, 5) is 26.4. The average molecular weight is 573 g/mol. The highest BCUT2D eigenvalue weighted by molar-refractivity contribution is 7.91. The summed E-state index contributed by atoms with van der Waals surface area (Å²) in [6, 6.07) is 12.6. The molecule has 1 N–H and O–H groups in total. The van der Waals surface area contributed by atoms with Crippen LogP contribution in [0.4, 0.5) is 0 Å². The maximum Gasteiger partial charge on any atom is 0.250 e. The maximum atomic E-state index is 13.7. The van der Waals surface area contributed by atoms with Crippen molar-refractivity contribution in [3.8, 4) is 16.9 Å². The van der Waals surface area contributed by atoms with E-state index in [9.17, 15) is 22.6 Å². The van der Waals surface area contributed by atoms with Crippen LogP contribution in [0, 0.1) is 0 Å². The number of ether oxygens (including phenoxy) is 1. The van der Waals surface area contributed by atoms with E-state index in [1.54, 1.807) is 76.7 Å². The molecule has 3 aromatic rings. The lowest BCUT2D eigenvalue weighted by atomic mass is 9.89. The number of hydrogen-bond donors (Lipinski definition) is 1. The Hall–Kier alpha value is -2.92. The molecule has 0 aliphatic heterocycles. The van der Waals surface area contributed by atoms with E-state index in [1.165, 1.54) is 10.6 Å². The molecule has 1 heterocycles. The molecule has 0 bridgehead atoms. The van der Waals surface area contributed by atoms with E-state index in [-0.39, 0.29) is 22.8 Å². The zero-order chi connectivity index (χ0) is 29.1. The van der Waals surface area contributed by atoms with E-state index in [2.05, 4.69) is 4.72 Å². The van der Waals surface area contributed by atoms with Gasteiger partial charge >= 0.3 is 0 Å². The summed E-state index contributed by atoms with van der Waals surface area (Å²) in [5.41, 5.74) is 2.64. The van der Waals surface area contributed by atoms with Gasteiger partial charge in [0.05, 0.1) is 18.9 Å². The first-order chi connectivity index (χ1) is 18.2. The second kappa shape index (κ2) is 12.1. The van der Waals surface area contributed by atoms with E-state index < -0.39 is 32.0 Å². The molecule has 8 nitrogen and oxygen atoms in total. The van der Waals surface area contributed by atoms with Crippen LogP contribution in [0.15, 0.2) is 59.5 Å². The van der Waals surface area contributed by atoms with Crippen LogP contribution in [-0.2, 0) is 34.0 Å². The van der Waals surface area contributed by atoms with Crippen LogP contribution in [0.1, 0.15) is 67.7 Å². The number of pyridine rings is 1. The molecule has 39 heavy (non-hydrogen) atoms. The van der Waals surface area contributed by atoms with Crippen molar-refractivity contribution in [3.05, 3.63) is 87.3 Å². The first-order valence-electron chi connectivity index (χ1n) is 12.6. The lowest BCUT2D eigenvalue weighted by molar-refractivity contribution is 0.103. The quantitative estimate of drug-likeness (QED) is 0.284. The van der Waals surface area contributed by atoms with Crippen LogP contribution < -0.4 is 15.0 Å². The highest BCUT2D eigenvalue weighted by Crippen LogP contribution is 2.33. The van der Waals surface area contributed by atoms with Gasteiger partial charge in [-0.15, -0.1) is 4.72 Å². The molecule has 0 aliphatic carbocycles. The number of nitrogens with one attached hydrogen (secondary N) is 1. The summed E-state index contributed by atoms with van der Waals surface area (Å²) in [7, 11) is -0.193. The summed E-state index contributed by atoms with van der Waals surface area (Å²) in [5.74, 6) is 0.144. The zero-order valence-electron chi connectivity index (χ0n) is 23.4. The second-order valence-corrected chi connectivity index (χ2v) is 14.8. The van der Waals surface area contributed by atoms with Crippen LogP contribution in [0.3, 0.4) is 0 Å². The third-order valence-electron chi connectivity index (χ3n) is 6.36. The van der Waals surface area contributed by atoms with E-state index in [0.717, 1.165) is 0 Å². The molecule has 0 saturated heterocycles. The Kier molecular flexibility index (Phi) is 9.48. The van der Waals surface area contributed by atoms with Crippen LogP contribution in [-0.4, -0.2) is 40.9 Å². The van der Waals surface area contributed by atoms with Gasteiger partial charge < -0.3 is 13.9 Å². The van der Waals surface area contributed by atoms with Crippen LogP contribution >= 0.6 is 0 Å². The molecular formula is C29H36N2O6S2. The van der Waals surface area contributed by atoms with Crippen molar-refractivity contribution in [2.24, 2.45) is 7.05 Å². The van der Waals surface area contributed by atoms with Crippen molar-refractivity contribution >= 4 is 27.0 Å². The molecule has 2 aromatic carbocycles. The first kappa shape index (κ1) is 30.6. The summed E-state index contributed by atoms with van der Waals surface area (Å²) in [5, 5.41) is 0.